The number of rotatable bonds is 15. The van der Waals surface area contributed by atoms with Crippen LogP contribution in [-0.2, 0) is 25.6 Å². The summed E-state index contributed by atoms with van der Waals surface area (Å²) in [6, 6.07) is 5.43. The van der Waals surface area contributed by atoms with E-state index in [4.69, 9.17) is 5.73 Å². The number of carbonyl (C=O) groups is 4. The molecule has 0 aromatic heterocycles. The molecule has 0 aliphatic carbocycles. The Labute approximate surface area is 203 Å². The number of nitrogens with one attached hydrogen (secondary N) is 3. The summed E-state index contributed by atoms with van der Waals surface area (Å²) in [5.41, 5.74) is 6.77. The fourth-order valence-electron chi connectivity index (χ4n) is 2.88. The molecule has 184 valence electrons. The number of carbonyl (C=O) groups excluding carboxylic acids is 3. The van der Waals surface area contributed by atoms with Crippen molar-refractivity contribution in [2.24, 2.45) is 5.73 Å². The van der Waals surface area contributed by atoms with Crippen molar-refractivity contribution < 1.29 is 24.3 Å². The summed E-state index contributed by atoms with van der Waals surface area (Å²) in [6.07, 6.45) is 4.71. The van der Waals surface area contributed by atoms with E-state index in [1.165, 1.54) is 18.7 Å². The molecule has 0 fully saturated rings. The molecule has 0 saturated carbocycles. The number of hydrogen-bond donors (Lipinski definition) is 5. The molecule has 0 aliphatic rings. The van der Waals surface area contributed by atoms with Crippen molar-refractivity contribution in [2.45, 2.75) is 50.4 Å². The highest BCUT2D eigenvalue weighted by Gasteiger charge is 2.28. The second kappa shape index (κ2) is 15.6. The molecule has 0 spiro atoms. The fraction of sp³-hybridized carbons (Fsp3) is 0.545. The molecule has 4 atom stereocenters. The number of carboxylic acid groups (broad SMARTS) is 1. The summed E-state index contributed by atoms with van der Waals surface area (Å²) in [5.74, 6) is -1.46. The summed E-state index contributed by atoms with van der Waals surface area (Å²) in [6.45, 7) is 1.46. The zero-order chi connectivity index (χ0) is 24.8. The molecular weight excluding hydrogens is 464 g/mol. The molecule has 0 radical (unpaired) electrons. The van der Waals surface area contributed by atoms with E-state index in [0.29, 0.717) is 17.9 Å². The van der Waals surface area contributed by atoms with Crippen LogP contribution in [0.25, 0.3) is 0 Å². The Bertz CT molecular complexity index is 781. The van der Waals surface area contributed by atoms with E-state index in [2.05, 4.69) is 16.0 Å². The van der Waals surface area contributed by atoms with Gasteiger partial charge in [0.2, 0.25) is 17.7 Å². The lowest BCUT2D eigenvalue weighted by Gasteiger charge is -2.23. The third-order valence-corrected chi connectivity index (χ3v) is 6.15. The molecule has 1 aromatic rings. The first-order valence-electron chi connectivity index (χ1n) is 10.6. The number of benzene rings is 1. The third kappa shape index (κ3) is 11.0. The van der Waals surface area contributed by atoms with Gasteiger partial charge in [-0.05, 0) is 49.3 Å². The van der Waals surface area contributed by atoms with Gasteiger partial charge in [-0.3, -0.25) is 14.4 Å². The highest BCUT2D eigenvalue weighted by atomic mass is 32.2. The molecular formula is C22H34N4O5S2. The first-order valence-corrected chi connectivity index (χ1v) is 13.4. The smallest absolute Gasteiger partial charge is 0.326 e. The summed E-state index contributed by atoms with van der Waals surface area (Å²) < 4.78 is 0. The maximum absolute atomic E-state index is 13.0. The SMILES string of the molecule is CSCCC(N)C(=O)NC(Cc1ccccc1)C(=O)NC(C)C(=O)NC(CCSC)C(=O)O. The number of nitrogens with two attached hydrogens (primary N) is 1. The molecule has 4 unspecified atom stereocenters. The van der Waals surface area contributed by atoms with Crippen LogP contribution in [0.3, 0.4) is 0 Å². The Morgan fingerprint density at radius 2 is 1.45 bits per heavy atom. The highest BCUT2D eigenvalue weighted by Crippen LogP contribution is 2.06. The topological polar surface area (TPSA) is 151 Å². The van der Waals surface area contributed by atoms with Crippen LogP contribution < -0.4 is 21.7 Å². The minimum atomic E-state index is -1.13. The van der Waals surface area contributed by atoms with Crippen LogP contribution >= 0.6 is 23.5 Å². The molecule has 6 N–H and O–H groups in total. The van der Waals surface area contributed by atoms with Crippen molar-refractivity contribution in [3.8, 4) is 0 Å². The van der Waals surface area contributed by atoms with Gasteiger partial charge in [0, 0.05) is 6.42 Å². The van der Waals surface area contributed by atoms with Crippen molar-refractivity contribution in [1.82, 2.24) is 16.0 Å². The molecule has 1 rings (SSSR count). The normalized spacial score (nSPS) is 14.4. The van der Waals surface area contributed by atoms with E-state index in [1.54, 1.807) is 11.8 Å². The Hall–Kier alpha value is -2.24. The summed E-state index contributed by atoms with van der Waals surface area (Å²) in [7, 11) is 0. The van der Waals surface area contributed by atoms with Gasteiger partial charge < -0.3 is 26.8 Å². The highest BCUT2D eigenvalue weighted by molar-refractivity contribution is 7.98. The zero-order valence-corrected chi connectivity index (χ0v) is 20.8. The summed E-state index contributed by atoms with van der Waals surface area (Å²) in [4.78, 5) is 49.3. The minimum Gasteiger partial charge on any atom is -0.480 e. The Morgan fingerprint density at radius 1 is 0.879 bits per heavy atom. The van der Waals surface area contributed by atoms with Gasteiger partial charge in [-0.15, -0.1) is 0 Å². The van der Waals surface area contributed by atoms with E-state index >= 15 is 0 Å². The monoisotopic (exact) mass is 498 g/mol. The lowest BCUT2D eigenvalue weighted by molar-refractivity contribution is -0.142. The number of thioether (sulfide) groups is 2. The zero-order valence-electron chi connectivity index (χ0n) is 19.2. The van der Waals surface area contributed by atoms with E-state index < -0.39 is 47.9 Å². The quantitative estimate of drug-likeness (QED) is 0.236. The Balaban J connectivity index is 2.85. The number of hydrogen-bond acceptors (Lipinski definition) is 7. The van der Waals surface area contributed by atoms with E-state index in [1.807, 2.05) is 42.8 Å². The van der Waals surface area contributed by atoms with Crippen molar-refractivity contribution >= 4 is 47.2 Å². The third-order valence-electron chi connectivity index (χ3n) is 4.86. The molecule has 9 nitrogen and oxygen atoms in total. The number of amides is 3. The summed E-state index contributed by atoms with van der Waals surface area (Å²) in [5, 5.41) is 17.0. The van der Waals surface area contributed by atoms with Crippen LogP contribution in [0.2, 0.25) is 0 Å². The van der Waals surface area contributed by atoms with Gasteiger partial charge in [-0.1, -0.05) is 30.3 Å². The lowest BCUT2D eigenvalue weighted by Crippen LogP contribution is -2.57. The average Bonchev–Trinajstić information content (AvgIpc) is 2.79. The van der Waals surface area contributed by atoms with Gasteiger partial charge in [0.15, 0.2) is 0 Å². The molecule has 1 aromatic carbocycles. The standard InChI is InChI=1S/C22H34N4O5S2/c1-14(19(27)25-17(22(30)31)10-12-33-3)24-21(29)18(13-15-7-5-4-6-8-15)26-20(28)16(23)9-11-32-2/h4-8,14,16-18H,9-13,23H2,1-3H3,(H,24,29)(H,25,27)(H,26,28)(H,30,31). The Morgan fingerprint density at radius 3 is 2.03 bits per heavy atom. The number of carboxylic acids is 1. The molecule has 0 bridgehead atoms. The predicted octanol–water partition coefficient (Wildman–Crippen LogP) is 0.622. The molecule has 0 heterocycles. The molecule has 3 amide bonds. The fourth-order valence-corrected chi connectivity index (χ4v) is 3.84. The van der Waals surface area contributed by atoms with Gasteiger partial charge in [-0.2, -0.15) is 23.5 Å². The maximum atomic E-state index is 13.0. The van der Waals surface area contributed by atoms with E-state index in [-0.39, 0.29) is 12.8 Å². The summed E-state index contributed by atoms with van der Waals surface area (Å²) >= 11 is 3.05. The van der Waals surface area contributed by atoms with Gasteiger partial charge in [0.05, 0.1) is 6.04 Å². The average molecular weight is 499 g/mol. The van der Waals surface area contributed by atoms with Crippen LogP contribution in [-0.4, -0.2) is 77.0 Å². The van der Waals surface area contributed by atoms with Crippen LogP contribution in [0.1, 0.15) is 25.3 Å². The lowest BCUT2D eigenvalue weighted by atomic mass is 10.0. The molecule has 0 saturated heterocycles. The number of aliphatic carboxylic acids is 1. The predicted molar refractivity (Wildman–Crippen MR) is 133 cm³/mol. The van der Waals surface area contributed by atoms with Crippen LogP contribution in [0.4, 0.5) is 0 Å². The van der Waals surface area contributed by atoms with Crippen molar-refractivity contribution in [1.29, 1.82) is 0 Å². The van der Waals surface area contributed by atoms with Crippen LogP contribution in [0, 0.1) is 0 Å². The minimum absolute atomic E-state index is 0.216. The van der Waals surface area contributed by atoms with Crippen LogP contribution in [0.15, 0.2) is 30.3 Å². The van der Waals surface area contributed by atoms with Crippen LogP contribution in [0.5, 0.6) is 0 Å². The van der Waals surface area contributed by atoms with Crippen molar-refractivity contribution in [3.63, 3.8) is 0 Å². The first-order chi connectivity index (χ1) is 15.7. The van der Waals surface area contributed by atoms with Gasteiger partial charge in [0.25, 0.3) is 0 Å². The largest absolute Gasteiger partial charge is 0.480 e. The molecule has 11 heteroatoms. The van der Waals surface area contributed by atoms with Crippen molar-refractivity contribution in [2.75, 3.05) is 24.0 Å². The second-order valence-electron chi connectivity index (χ2n) is 7.55. The van der Waals surface area contributed by atoms with Crippen molar-refractivity contribution in [3.05, 3.63) is 35.9 Å². The van der Waals surface area contributed by atoms with Gasteiger partial charge >= 0.3 is 5.97 Å². The van der Waals surface area contributed by atoms with Gasteiger partial charge in [0.1, 0.15) is 18.1 Å². The first kappa shape index (κ1) is 28.8. The van der Waals surface area contributed by atoms with E-state index in [9.17, 15) is 24.3 Å². The Kier molecular flexibility index (Phi) is 13.6. The maximum Gasteiger partial charge on any atom is 0.326 e. The van der Waals surface area contributed by atoms with Gasteiger partial charge in [-0.25, -0.2) is 4.79 Å². The molecule has 33 heavy (non-hydrogen) atoms. The second-order valence-corrected chi connectivity index (χ2v) is 9.52. The van der Waals surface area contributed by atoms with E-state index in [0.717, 1.165) is 5.56 Å². The molecule has 0 aliphatic heterocycles.